The largest absolute Gasteiger partial charge is 0.493 e. The van der Waals surface area contributed by atoms with E-state index in [4.69, 9.17) is 4.74 Å². The summed E-state index contributed by atoms with van der Waals surface area (Å²) in [4.78, 5) is 19.0. The molecule has 126 valence electrons. The van der Waals surface area contributed by atoms with Crippen molar-refractivity contribution < 1.29 is 19.1 Å². The maximum atomic E-state index is 11.6. The molecule has 0 saturated carbocycles. The Bertz CT molecular complexity index is 914. The van der Waals surface area contributed by atoms with Crippen molar-refractivity contribution in [2.75, 3.05) is 6.61 Å². The highest BCUT2D eigenvalue weighted by atomic mass is 31.2. The first kappa shape index (κ1) is 17.0. The van der Waals surface area contributed by atoms with Crippen LogP contribution in [0.4, 0.5) is 0 Å². The number of fused-ring (bicyclic) bond motifs is 2. The smallest absolute Gasteiger partial charge is 0.330 e. The molecule has 0 saturated heterocycles. The zero-order valence-electron chi connectivity index (χ0n) is 13.6. The van der Waals surface area contributed by atoms with Crippen molar-refractivity contribution in [3.63, 3.8) is 0 Å². The van der Waals surface area contributed by atoms with E-state index < -0.39 is 7.60 Å². The van der Waals surface area contributed by atoms with Crippen LogP contribution in [0.25, 0.3) is 21.5 Å². The molecule has 0 amide bonds. The van der Waals surface area contributed by atoms with Crippen LogP contribution in [0.5, 0.6) is 5.75 Å². The number of hydrogen-bond donors (Lipinski definition) is 2. The lowest BCUT2D eigenvalue weighted by atomic mass is 9.99. The minimum Gasteiger partial charge on any atom is -0.493 e. The molecule has 0 aliphatic rings. The van der Waals surface area contributed by atoms with Crippen LogP contribution in [-0.2, 0) is 10.7 Å². The molecule has 0 radical (unpaired) electrons. The molecule has 4 nitrogen and oxygen atoms in total. The van der Waals surface area contributed by atoms with Crippen molar-refractivity contribution in [1.29, 1.82) is 0 Å². The van der Waals surface area contributed by atoms with Crippen LogP contribution >= 0.6 is 7.60 Å². The minimum absolute atomic E-state index is 0.315. The molecule has 3 aromatic rings. The SMILES string of the molecule is CCCCOc1ccc2cc3ccccc3cc2c1CP(=O)(O)O. The monoisotopic (exact) mass is 344 g/mol. The van der Waals surface area contributed by atoms with Crippen molar-refractivity contribution in [1.82, 2.24) is 0 Å². The molecule has 0 aliphatic heterocycles. The van der Waals surface area contributed by atoms with Gasteiger partial charge >= 0.3 is 7.60 Å². The van der Waals surface area contributed by atoms with E-state index in [-0.39, 0.29) is 6.16 Å². The van der Waals surface area contributed by atoms with E-state index in [2.05, 4.69) is 6.92 Å². The van der Waals surface area contributed by atoms with E-state index in [1.54, 1.807) is 0 Å². The van der Waals surface area contributed by atoms with Crippen LogP contribution in [0.2, 0.25) is 0 Å². The first-order chi connectivity index (χ1) is 11.5. The van der Waals surface area contributed by atoms with Crippen LogP contribution in [0.15, 0.2) is 48.5 Å². The van der Waals surface area contributed by atoms with Crippen LogP contribution in [-0.4, -0.2) is 16.4 Å². The Morgan fingerprint density at radius 3 is 2.38 bits per heavy atom. The average Bonchev–Trinajstić information content (AvgIpc) is 2.54. The first-order valence-electron chi connectivity index (χ1n) is 8.09. The molecule has 0 fully saturated rings. The van der Waals surface area contributed by atoms with Crippen molar-refractivity contribution >= 4 is 29.1 Å². The lowest BCUT2D eigenvalue weighted by Crippen LogP contribution is -2.01. The number of unbranched alkanes of at least 4 members (excludes halogenated alkanes) is 1. The van der Waals surface area contributed by atoms with E-state index in [0.717, 1.165) is 34.4 Å². The molecule has 0 atom stereocenters. The van der Waals surface area contributed by atoms with Gasteiger partial charge in [0.05, 0.1) is 12.8 Å². The summed E-state index contributed by atoms with van der Waals surface area (Å²) in [5.74, 6) is 0.564. The summed E-state index contributed by atoms with van der Waals surface area (Å²) in [5.41, 5.74) is 0.586. The van der Waals surface area contributed by atoms with Gasteiger partial charge in [0.2, 0.25) is 0 Å². The van der Waals surface area contributed by atoms with E-state index in [1.165, 1.54) is 0 Å². The zero-order valence-corrected chi connectivity index (χ0v) is 14.5. The Kier molecular flexibility index (Phi) is 4.91. The molecule has 3 aromatic carbocycles. The molecule has 24 heavy (non-hydrogen) atoms. The second kappa shape index (κ2) is 6.94. The predicted molar refractivity (Wildman–Crippen MR) is 97.6 cm³/mol. The molecular formula is C19H21O4P. The Morgan fingerprint density at radius 2 is 1.71 bits per heavy atom. The van der Waals surface area contributed by atoms with Gasteiger partial charge in [0.15, 0.2) is 0 Å². The zero-order chi connectivity index (χ0) is 17.2. The normalized spacial score (nSPS) is 12.0. The predicted octanol–water partition coefficient (Wildman–Crippen LogP) is 4.85. The Labute approximate surface area is 141 Å². The topological polar surface area (TPSA) is 66.8 Å². The fourth-order valence-corrected chi connectivity index (χ4v) is 3.62. The summed E-state index contributed by atoms with van der Waals surface area (Å²) in [7, 11) is -4.20. The Morgan fingerprint density at radius 1 is 1.00 bits per heavy atom. The second-order valence-corrected chi connectivity index (χ2v) is 7.63. The van der Waals surface area contributed by atoms with E-state index >= 15 is 0 Å². The van der Waals surface area contributed by atoms with Crippen molar-refractivity contribution in [3.8, 4) is 5.75 Å². The maximum absolute atomic E-state index is 11.6. The summed E-state index contributed by atoms with van der Waals surface area (Å²) in [6, 6.07) is 15.8. The first-order valence-corrected chi connectivity index (χ1v) is 9.89. The lowest BCUT2D eigenvalue weighted by molar-refractivity contribution is 0.306. The summed E-state index contributed by atoms with van der Waals surface area (Å²) >= 11 is 0. The third kappa shape index (κ3) is 3.78. The highest BCUT2D eigenvalue weighted by molar-refractivity contribution is 7.50. The minimum atomic E-state index is -4.20. The molecule has 0 spiro atoms. The summed E-state index contributed by atoms with van der Waals surface area (Å²) in [6.45, 7) is 2.62. The molecule has 0 aliphatic carbocycles. The van der Waals surface area contributed by atoms with Gasteiger partial charge in [0, 0.05) is 5.56 Å². The van der Waals surface area contributed by atoms with Crippen molar-refractivity contribution in [2.24, 2.45) is 0 Å². The standard InChI is InChI=1S/C19H21O4P/c1-2-3-10-23-19-9-8-16-11-14-6-4-5-7-15(14)12-17(16)18(19)13-24(20,21)22/h4-9,11-12H,2-3,10,13H2,1H3,(H2,20,21,22). The van der Waals surface area contributed by atoms with Crippen LogP contribution in [0.3, 0.4) is 0 Å². The molecule has 0 heterocycles. The van der Waals surface area contributed by atoms with Crippen LogP contribution < -0.4 is 4.74 Å². The summed E-state index contributed by atoms with van der Waals surface area (Å²) < 4.78 is 17.4. The van der Waals surface area contributed by atoms with Gasteiger partial charge in [-0.05, 0) is 46.2 Å². The van der Waals surface area contributed by atoms with Crippen molar-refractivity contribution in [2.45, 2.75) is 25.9 Å². The highest BCUT2D eigenvalue weighted by Gasteiger charge is 2.20. The number of hydrogen-bond acceptors (Lipinski definition) is 2. The van der Waals surface area contributed by atoms with Crippen LogP contribution in [0.1, 0.15) is 25.3 Å². The van der Waals surface area contributed by atoms with E-state index in [1.807, 2.05) is 48.5 Å². The van der Waals surface area contributed by atoms with Gasteiger partial charge < -0.3 is 14.5 Å². The Balaban J connectivity index is 2.17. The Hall–Kier alpha value is -1.87. The van der Waals surface area contributed by atoms with Crippen molar-refractivity contribution in [3.05, 3.63) is 54.1 Å². The summed E-state index contributed by atoms with van der Waals surface area (Å²) in [5, 5.41) is 3.94. The lowest BCUT2D eigenvalue weighted by Gasteiger charge is -2.15. The third-order valence-corrected chi connectivity index (χ3v) is 4.80. The molecule has 3 rings (SSSR count). The maximum Gasteiger partial charge on any atom is 0.330 e. The third-order valence-electron chi connectivity index (χ3n) is 4.07. The fourth-order valence-electron chi connectivity index (χ4n) is 2.89. The van der Waals surface area contributed by atoms with Gasteiger partial charge in [-0.1, -0.05) is 43.7 Å². The molecule has 0 bridgehead atoms. The molecule has 2 N–H and O–H groups in total. The van der Waals surface area contributed by atoms with Gasteiger partial charge in [0.1, 0.15) is 5.75 Å². The fraction of sp³-hybridized carbons (Fsp3) is 0.263. The van der Waals surface area contributed by atoms with Gasteiger partial charge in [-0.15, -0.1) is 0 Å². The number of rotatable bonds is 6. The van der Waals surface area contributed by atoms with Gasteiger partial charge in [-0.25, -0.2) is 0 Å². The number of ether oxygens (including phenoxy) is 1. The van der Waals surface area contributed by atoms with E-state index in [9.17, 15) is 14.4 Å². The molecule has 0 aromatic heterocycles. The summed E-state index contributed by atoms with van der Waals surface area (Å²) in [6.07, 6.45) is 1.60. The van der Waals surface area contributed by atoms with Gasteiger partial charge in [-0.3, -0.25) is 4.57 Å². The highest BCUT2D eigenvalue weighted by Crippen LogP contribution is 2.44. The quantitative estimate of drug-likeness (QED) is 0.381. The average molecular weight is 344 g/mol. The molecular weight excluding hydrogens is 323 g/mol. The van der Waals surface area contributed by atoms with Gasteiger partial charge in [0.25, 0.3) is 0 Å². The molecule has 0 unspecified atom stereocenters. The molecule has 5 heteroatoms. The van der Waals surface area contributed by atoms with Gasteiger partial charge in [-0.2, -0.15) is 0 Å². The van der Waals surface area contributed by atoms with Crippen LogP contribution in [0, 0.1) is 0 Å². The second-order valence-electron chi connectivity index (χ2n) is 5.99. The van der Waals surface area contributed by atoms with E-state index in [0.29, 0.717) is 17.9 Å². The number of benzene rings is 3.